The van der Waals surface area contributed by atoms with Crippen molar-refractivity contribution in [1.29, 1.82) is 0 Å². The fourth-order valence-corrected chi connectivity index (χ4v) is 5.77. The molecule has 0 aliphatic heterocycles. The molecule has 1 aromatic carbocycles. The van der Waals surface area contributed by atoms with Crippen LogP contribution in [0.5, 0.6) is 0 Å². The zero-order valence-electron chi connectivity index (χ0n) is 25.2. The van der Waals surface area contributed by atoms with E-state index in [1.165, 1.54) is 120 Å². The van der Waals surface area contributed by atoms with Crippen molar-refractivity contribution in [3.63, 3.8) is 0 Å². The van der Waals surface area contributed by atoms with Crippen LogP contribution in [0.2, 0.25) is 0 Å². The Labute approximate surface area is 243 Å². The number of hydrogen-bond donors (Lipinski definition) is 1. The van der Waals surface area contributed by atoms with E-state index in [4.69, 9.17) is 4.74 Å². The predicted molar refractivity (Wildman–Crippen MR) is 170 cm³/mol. The molecule has 0 radical (unpaired) electrons. The molecule has 2 aromatic rings. The summed E-state index contributed by atoms with van der Waals surface area (Å²) in [5.41, 5.74) is 3.10. The number of hydrogen-bond acceptors (Lipinski definition) is 4. The van der Waals surface area contributed by atoms with Crippen LogP contribution in [0.3, 0.4) is 0 Å². The third-order valence-electron chi connectivity index (χ3n) is 7.90. The van der Waals surface area contributed by atoms with Gasteiger partial charge in [-0.05, 0) is 55.9 Å². The van der Waals surface area contributed by atoms with Gasteiger partial charge in [-0.3, -0.25) is 8.77 Å². The Balaban J connectivity index is 1.77. The number of esters is 1. The van der Waals surface area contributed by atoms with Crippen LogP contribution in [-0.2, 0) is 17.6 Å². The molecule has 2 rings (SSSR count). The average molecular weight is 558 g/mol. The van der Waals surface area contributed by atoms with E-state index in [9.17, 15) is 9.59 Å². The number of nitrogens with zero attached hydrogens (tertiary/aromatic N) is 1. The van der Waals surface area contributed by atoms with E-state index in [1.54, 1.807) is 10.9 Å². The number of thiol groups is 1. The second-order valence-corrected chi connectivity index (χ2v) is 11.7. The van der Waals surface area contributed by atoms with E-state index >= 15 is 0 Å². The lowest BCUT2D eigenvalue weighted by Crippen LogP contribution is -2.19. The normalized spacial score (nSPS) is 11.4. The number of carbonyl (C=O) groups is 1. The number of aromatic nitrogens is 1. The highest BCUT2D eigenvalue weighted by atomic mass is 32.1. The minimum atomic E-state index is -0.584. The Morgan fingerprint density at radius 2 is 1.15 bits per heavy atom. The number of aryl methyl sites for hydroxylation is 2. The molecular formula is C34H55NO3S. The van der Waals surface area contributed by atoms with E-state index < -0.39 is 5.97 Å². The second kappa shape index (κ2) is 20.2. The van der Waals surface area contributed by atoms with Crippen LogP contribution in [-0.4, -0.2) is 16.5 Å². The molecule has 0 aliphatic carbocycles. The van der Waals surface area contributed by atoms with Gasteiger partial charge in [0.05, 0.1) is 12.1 Å². The Hall–Kier alpha value is -1.75. The van der Waals surface area contributed by atoms with Gasteiger partial charge in [-0.2, -0.15) is 0 Å². The number of fused-ring (bicyclic) bond motifs is 1. The van der Waals surface area contributed by atoms with Gasteiger partial charge in [0.25, 0.3) is 0 Å². The van der Waals surface area contributed by atoms with E-state index in [1.807, 2.05) is 6.07 Å². The van der Waals surface area contributed by atoms with Crippen LogP contribution in [0, 0.1) is 0 Å². The number of carbonyl (C=O) groups excluding carboxylic acids is 1. The van der Waals surface area contributed by atoms with Crippen LogP contribution >= 0.6 is 12.8 Å². The van der Waals surface area contributed by atoms with Gasteiger partial charge in [0.2, 0.25) is 5.43 Å². The van der Waals surface area contributed by atoms with Crippen molar-refractivity contribution < 1.29 is 9.53 Å². The summed E-state index contributed by atoms with van der Waals surface area (Å²) in [6.45, 7) is 6.46. The van der Waals surface area contributed by atoms with Crippen molar-refractivity contribution in [2.24, 2.45) is 0 Å². The highest BCUT2D eigenvalue weighted by molar-refractivity contribution is 7.78. The Kier molecular flexibility index (Phi) is 17.3. The largest absolute Gasteiger partial charge is 0.462 e. The molecule has 0 amide bonds. The molecule has 0 saturated carbocycles. The molecule has 0 N–H and O–H groups in total. The standard InChI is InChI=1S/C34H55NO3S/c1-4-7-9-10-11-12-13-14-15-16-17-18-19-20-21-22-24-29-26-32-30(25-28(29)23-8-5-2)33(36)31(27-35(32)39)34(37)38-6-3/h25-27,39H,4-24H2,1-3H3. The van der Waals surface area contributed by atoms with Crippen molar-refractivity contribution >= 4 is 29.7 Å². The lowest BCUT2D eigenvalue weighted by molar-refractivity contribution is 0.0524. The molecule has 0 aliphatic rings. The molecule has 4 nitrogen and oxygen atoms in total. The molecule has 5 heteroatoms. The molecule has 0 fully saturated rings. The van der Waals surface area contributed by atoms with E-state index in [2.05, 4.69) is 32.7 Å². The lowest BCUT2D eigenvalue weighted by atomic mass is 9.94. The van der Waals surface area contributed by atoms with Crippen LogP contribution < -0.4 is 5.43 Å². The van der Waals surface area contributed by atoms with Crippen LogP contribution in [0.25, 0.3) is 10.9 Å². The maximum atomic E-state index is 13.1. The van der Waals surface area contributed by atoms with Gasteiger partial charge >= 0.3 is 5.97 Å². The highest BCUT2D eigenvalue weighted by Gasteiger charge is 2.17. The molecule has 1 heterocycles. The summed E-state index contributed by atoms with van der Waals surface area (Å²) in [5, 5.41) is 0.553. The number of unbranched alkanes of at least 4 members (excludes halogenated alkanes) is 16. The Morgan fingerprint density at radius 3 is 1.67 bits per heavy atom. The molecule has 220 valence electrons. The third kappa shape index (κ3) is 12.1. The molecule has 1 aromatic heterocycles. The topological polar surface area (TPSA) is 48.3 Å². The number of pyridine rings is 1. The Bertz CT molecular complexity index is 1030. The first-order valence-electron chi connectivity index (χ1n) is 16.1. The first-order valence-corrected chi connectivity index (χ1v) is 16.5. The summed E-state index contributed by atoms with van der Waals surface area (Å²) in [4.78, 5) is 25.4. The third-order valence-corrected chi connectivity index (χ3v) is 8.23. The lowest BCUT2D eigenvalue weighted by Gasteiger charge is -2.14. The monoisotopic (exact) mass is 557 g/mol. The maximum Gasteiger partial charge on any atom is 0.343 e. The molecule has 0 bridgehead atoms. The molecule has 0 saturated heterocycles. The fourth-order valence-electron chi connectivity index (χ4n) is 5.49. The summed E-state index contributed by atoms with van der Waals surface area (Å²) in [6.07, 6.45) is 27.6. The second-order valence-electron chi connectivity index (χ2n) is 11.2. The van der Waals surface area contributed by atoms with Gasteiger partial charge < -0.3 is 4.74 Å². The molecule has 0 unspecified atom stereocenters. The van der Waals surface area contributed by atoms with Crippen LogP contribution in [0.15, 0.2) is 23.1 Å². The summed E-state index contributed by atoms with van der Waals surface area (Å²) in [6, 6.07) is 4.12. The predicted octanol–water partition coefficient (Wildman–Crippen LogP) is 10.0. The van der Waals surface area contributed by atoms with Gasteiger partial charge in [-0.25, -0.2) is 4.79 Å². The molecule has 39 heavy (non-hydrogen) atoms. The van der Waals surface area contributed by atoms with Crippen molar-refractivity contribution in [1.82, 2.24) is 3.97 Å². The number of benzene rings is 1. The summed E-state index contributed by atoms with van der Waals surface area (Å²) < 4.78 is 6.69. The highest BCUT2D eigenvalue weighted by Crippen LogP contribution is 2.24. The Morgan fingerprint density at radius 1 is 0.692 bits per heavy atom. The van der Waals surface area contributed by atoms with Crippen molar-refractivity contribution in [3.05, 3.63) is 45.2 Å². The molecule has 0 spiro atoms. The molecule has 0 atom stereocenters. The van der Waals surface area contributed by atoms with Crippen LogP contribution in [0.1, 0.15) is 158 Å². The maximum absolute atomic E-state index is 13.1. The first-order chi connectivity index (χ1) is 19.0. The van der Waals surface area contributed by atoms with E-state index in [0.29, 0.717) is 5.39 Å². The van der Waals surface area contributed by atoms with Crippen LogP contribution in [0.4, 0.5) is 0 Å². The van der Waals surface area contributed by atoms with E-state index in [-0.39, 0.29) is 17.6 Å². The zero-order valence-corrected chi connectivity index (χ0v) is 26.1. The van der Waals surface area contributed by atoms with Gasteiger partial charge in [-0.1, -0.05) is 129 Å². The summed E-state index contributed by atoms with van der Waals surface area (Å²) >= 11 is 4.56. The fraction of sp³-hybridized carbons (Fsp3) is 0.706. The molecular weight excluding hydrogens is 502 g/mol. The SMILES string of the molecule is CCCCCCCCCCCCCCCCCCc1cc2c(cc1CCCC)c(=O)c(C(=O)OCC)cn2S. The van der Waals surface area contributed by atoms with Gasteiger partial charge in [0.15, 0.2) is 0 Å². The summed E-state index contributed by atoms with van der Waals surface area (Å²) in [5.74, 6) is -0.584. The number of ether oxygens (including phenoxy) is 1. The minimum absolute atomic E-state index is 0.0475. The number of rotatable bonds is 22. The summed E-state index contributed by atoms with van der Waals surface area (Å²) in [7, 11) is 0. The quantitative estimate of drug-likeness (QED) is 0.0890. The van der Waals surface area contributed by atoms with Gasteiger partial charge in [0.1, 0.15) is 5.56 Å². The van der Waals surface area contributed by atoms with E-state index in [0.717, 1.165) is 31.2 Å². The minimum Gasteiger partial charge on any atom is -0.462 e. The van der Waals surface area contributed by atoms with Crippen molar-refractivity contribution in [3.8, 4) is 0 Å². The van der Waals surface area contributed by atoms with Crippen molar-refractivity contribution in [2.75, 3.05) is 6.61 Å². The first kappa shape index (κ1) is 33.5. The van der Waals surface area contributed by atoms with Gasteiger partial charge in [-0.15, -0.1) is 0 Å². The average Bonchev–Trinajstić information content (AvgIpc) is 2.93. The van der Waals surface area contributed by atoms with Crippen molar-refractivity contribution in [2.45, 2.75) is 149 Å². The smallest absolute Gasteiger partial charge is 0.343 e. The van der Waals surface area contributed by atoms with Gasteiger partial charge in [0, 0.05) is 11.6 Å². The zero-order chi connectivity index (χ0) is 28.3.